The third kappa shape index (κ3) is 3.48. The van der Waals surface area contributed by atoms with Crippen molar-refractivity contribution in [1.29, 1.82) is 0 Å². The van der Waals surface area contributed by atoms with E-state index in [2.05, 4.69) is 21.2 Å². The maximum atomic E-state index is 13.2. The Hall–Kier alpha value is -2.99. The molecular formula is C21H17BrN3O2+. The lowest BCUT2D eigenvalue weighted by Gasteiger charge is -2.32. The topological polar surface area (TPSA) is 53.3 Å². The van der Waals surface area contributed by atoms with E-state index >= 15 is 0 Å². The molecule has 0 aliphatic carbocycles. The van der Waals surface area contributed by atoms with Crippen molar-refractivity contribution in [1.82, 2.24) is 0 Å². The van der Waals surface area contributed by atoms with E-state index in [0.29, 0.717) is 11.4 Å². The molecule has 0 spiro atoms. The zero-order chi connectivity index (χ0) is 18.8. The van der Waals surface area contributed by atoms with Crippen LogP contribution >= 0.6 is 15.9 Å². The van der Waals surface area contributed by atoms with Crippen LogP contribution in [0.5, 0.6) is 0 Å². The van der Waals surface area contributed by atoms with Crippen LogP contribution < -0.4 is 14.8 Å². The minimum Gasteiger partial charge on any atom is -0.324 e. The van der Waals surface area contributed by atoms with E-state index in [9.17, 15) is 9.59 Å². The third-order valence-corrected chi connectivity index (χ3v) is 5.01. The fraction of sp³-hybridized carbons (Fsp3) is 0.0952. The number of rotatable bonds is 3. The number of hydrogen-bond acceptors (Lipinski definition) is 2. The van der Waals surface area contributed by atoms with Crippen molar-refractivity contribution in [3.8, 4) is 0 Å². The number of para-hydroxylation sites is 1. The molecule has 1 aromatic heterocycles. The molecule has 0 bridgehead atoms. The summed E-state index contributed by atoms with van der Waals surface area (Å²) in [6.07, 6.45) is 1.83. The van der Waals surface area contributed by atoms with Gasteiger partial charge in [-0.3, -0.25) is 14.5 Å². The van der Waals surface area contributed by atoms with Crippen LogP contribution in [-0.2, 0) is 16.1 Å². The lowest BCUT2D eigenvalue weighted by Crippen LogP contribution is -2.58. The summed E-state index contributed by atoms with van der Waals surface area (Å²) in [5.41, 5.74) is 2.15. The van der Waals surface area contributed by atoms with E-state index in [1.54, 1.807) is 4.90 Å². The summed E-state index contributed by atoms with van der Waals surface area (Å²) in [5.74, 6) is -0.383. The second-order valence-electron chi connectivity index (χ2n) is 6.25. The first kappa shape index (κ1) is 17.4. The van der Waals surface area contributed by atoms with Gasteiger partial charge in [-0.25, -0.2) is 0 Å². The van der Waals surface area contributed by atoms with Crippen LogP contribution in [0.2, 0.25) is 0 Å². The maximum Gasteiger partial charge on any atom is 0.294 e. The smallest absolute Gasteiger partial charge is 0.294 e. The van der Waals surface area contributed by atoms with Gasteiger partial charge >= 0.3 is 0 Å². The standard InChI is InChI=1S/C21H16BrN3O2/c22-15-9-11-17(12-10-15)25-19(26)14-24-13-5-4-8-18(24)20(25)21(27)23-16-6-2-1-3-7-16/h1-13,20H,14H2/p+1/t20-/m0/s1. The van der Waals surface area contributed by atoms with E-state index in [1.807, 2.05) is 83.6 Å². The molecule has 1 aliphatic rings. The molecule has 1 N–H and O–H groups in total. The van der Waals surface area contributed by atoms with Crippen molar-refractivity contribution in [2.75, 3.05) is 10.2 Å². The highest BCUT2D eigenvalue weighted by Gasteiger charge is 2.43. The lowest BCUT2D eigenvalue weighted by atomic mass is 10.0. The fourth-order valence-corrected chi connectivity index (χ4v) is 3.52. The number of amides is 2. The molecule has 0 unspecified atom stereocenters. The van der Waals surface area contributed by atoms with Gasteiger partial charge < -0.3 is 5.32 Å². The molecule has 6 heteroatoms. The molecule has 0 saturated carbocycles. The molecule has 2 amide bonds. The number of nitrogens with zero attached hydrogens (tertiary/aromatic N) is 2. The number of aromatic nitrogens is 1. The summed E-state index contributed by atoms with van der Waals surface area (Å²) >= 11 is 3.41. The molecule has 27 heavy (non-hydrogen) atoms. The van der Waals surface area contributed by atoms with Gasteiger partial charge in [0.1, 0.15) is 0 Å². The average molecular weight is 423 g/mol. The average Bonchev–Trinajstić information content (AvgIpc) is 2.68. The number of carbonyl (C=O) groups is 2. The molecule has 1 atom stereocenters. The predicted molar refractivity (Wildman–Crippen MR) is 106 cm³/mol. The number of benzene rings is 2. The first-order valence-electron chi connectivity index (χ1n) is 8.55. The first-order valence-corrected chi connectivity index (χ1v) is 9.35. The molecule has 3 aromatic rings. The quantitative estimate of drug-likeness (QED) is 0.657. The van der Waals surface area contributed by atoms with E-state index in [4.69, 9.17) is 0 Å². The van der Waals surface area contributed by atoms with Gasteiger partial charge in [0.25, 0.3) is 11.8 Å². The zero-order valence-electron chi connectivity index (χ0n) is 14.4. The summed E-state index contributed by atoms with van der Waals surface area (Å²) in [4.78, 5) is 27.7. The van der Waals surface area contributed by atoms with Gasteiger partial charge in [0.05, 0.1) is 0 Å². The molecule has 4 rings (SSSR count). The Morgan fingerprint density at radius 1 is 1.00 bits per heavy atom. The molecule has 5 nitrogen and oxygen atoms in total. The van der Waals surface area contributed by atoms with E-state index in [1.165, 1.54) is 0 Å². The normalized spacial score (nSPS) is 16.0. The number of anilines is 2. The summed E-state index contributed by atoms with van der Waals surface area (Å²) < 4.78 is 2.74. The van der Waals surface area contributed by atoms with E-state index < -0.39 is 6.04 Å². The highest BCUT2D eigenvalue weighted by Crippen LogP contribution is 2.30. The number of pyridine rings is 1. The van der Waals surface area contributed by atoms with Crippen LogP contribution in [0.25, 0.3) is 0 Å². The zero-order valence-corrected chi connectivity index (χ0v) is 16.0. The summed E-state index contributed by atoms with van der Waals surface area (Å²) in [6, 6.07) is 21.5. The van der Waals surface area contributed by atoms with Crippen LogP contribution in [0.3, 0.4) is 0 Å². The van der Waals surface area contributed by atoms with Gasteiger partial charge in [0.15, 0.2) is 6.20 Å². The summed E-state index contributed by atoms with van der Waals surface area (Å²) in [5, 5.41) is 2.93. The van der Waals surface area contributed by atoms with Gasteiger partial charge in [-0.2, -0.15) is 4.57 Å². The van der Waals surface area contributed by atoms with Crippen molar-refractivity contribution in [2.45, 2.75) is 12.6 Å². The number of hydrogen-bond donors (Lipinski definition) is 1. The maximum absolute atomic E-state index is 13.2. The minimum absolute atomic E-state index is 0.130. The van der Waals surface area contributed by atoms with Crippen molar-refractivity contribution in [3.63, 3.8) is 0 Å². The highest BCUT2D eigenvalue weighted by molar-refractivity contribution is 9.10. The Kier molecular flexibility index (Phi) is 4.73. The lowest BCUT2D eigenvalue weighted by molar-refractivity contribution is -0.695. The Balaban J connectivity index is 1.77. The van der Waals surface area contributed by atoms with Gasteiger partial charge in [-0.05, 0) is 36.4 Å². The number of fused-ring (bicyclic) bond motifs is 1. The van der Waals surface area contributed by atoms with Crippen molar-refractivity contribution >= 4 is 39.1 Å². The molecule has 0 fully saturated rings. The van der Waals surface area contributed by atoms with Crippen LogP contribution in [0.1, 0.15) is 11.7 Å². The Labute approximate surface area is 165 Å². The van der Waals surface area contributed by atoms with Crippen LogP contribution in [0, 0.1) is 0 Å². The molecule has 0 saturated heterocycles. The van der Waals surface area contributed by atoms with Crippen LogP contribution in [-0.4, -0.2) is 11.8 Å². The van der Waals surface area contributed by atoms with Gasteiger partial charge in [0.2, 0.25) is 18.3 Å². The Bertz CT molecular complexity index is 990. The second-order valence-corrected chi connectivity index (χ2v) is 7.17. The largest absolute Gasteiger partial charge is 0.324 e. The van der Waals surface area contributed by atoms with Gasteiger partial charge in [-0.1, -0.05) is 40.2 Å². The molecule has 1 aliphatic heterocycles. The fourth-order valence-electron chi connectivity index (χ4n) is 3.26. The van der Waals surface area contributed by atoms with Crippen molar-refractivity contribution in [2.24, 2.45) is 0 Å². The monoisotopic (exact) mass is 422 g/mol. The second kappa shape index (κ2) is 7.32. The Morgan fingerprint density at radius 3 is 2.44 bits per heavy atom. The van der Waals surface area contributed by atoms with E-state index in [-0.39, 0.29) is 18.4 Å². The van der Waals surface area contributed by atoms with Gasteiger partial charge in [0, 0.05) is 28.0 Å². The summed E-state index contributed by atoms with van der Waals surface area (Å²) in [6.45, 7) is 0.196. The molecule has 134 valence electrons. The summed E-state index contributed by atoms with van der Waals surface area (Å²) in [7, 11) is 0. The predicted octanol–water partition coefficient (Wildman–Crippen LogP) is 3.46. The molecular weight excluding hydrogens is 406 g/mol. The molecule has 2 heterocycles. The van der Waals surface area contributed by atoms with Crippen molar-refractivity contribution in [3.05, 3.63) is 89.2 Å². The molecule has 0 radical (unpaired) electrons. The number of carbonyl (C=O) groups excluding carboxylic acids is 2. The number of halogens is 1. The van der Waals surface area contributed by atoms with Crippen LogP contribution in [0.15, 0.2) is 83.5 Å². The SMILES string of the molecule is O=C(Nc1ccccc1)[C@@H]1c2cccc[n+]2CC(=O)N1c1ccc(Br)cc1. The highest BCUT2D eigenvalue weighted by atomic mass is 79.9. The van der Waals surface area contributed by atoms with Gasteiger partial charge in [-0.15, -0.1) is 0 Å². The number of nitrogens with one attached hydrogen (secondary N) is 1. The van der Waals surface area contributed by atoms with Crippen LogP contribution in [0.4, 0.5) is 11.4 Å². The Morgan fingerprint density at radius 2 is 1.70 bits per heavy atom. The van der Waals surface area contributed by atoms with Crippen molar-refractivity contribution < 1.29 is 14.2 Å². The first-order chi connectivity index (χ1) is 13.1. The molecule has 2 aromatic carbocycles. The minimum atomic E-state index is -0.756. The van der Waals surface area contributed by atoms with E-state index in [0.717, 1.165) is 10.2 Å². The third-order valence-electron chi connectivity index (χ3n) is 4.48.